The van der Waals surface area contributed by atoms with E-state index in [1.54, 1.807) is 0 Å². The molecule has 0 unspecified atom stereocenters. The van der Waals surface area contributed by atoms with E-state index in [-0.39, 0.29) is 0 Å². The molecule has 0 fully saturated rings. The van der Waals surface area contributed by atoms with Crippen LogP contribution in [-0.2, 0) is 0 Å². The lowest BCUT2D eigenvalue weighted by Gasteiger charge is -2.10. The molecule has 0 spiro atoms. The Morgan fingerprint density at radius 1 is 0.368 bits per heavy atom. The Bertz CT molecular complexity index is 3450. The van der Waals surface area contributed by atoms with Gasteiger partial charge >= 0.3 is 0 Å². The van der Waals surface area contributed by atoms with Gasteiger partial charge in [0.1, 0.15) is 16.7 Å². The summed E-state index contributed by atoms with van der Waals surface area (Å²) in [6, 6.07) is 65.3. The lowest BCUT2D eigenvalue weighted by atomic mass is 10.0. The standard InChI is InChI=1S/C52H31N3O2/c1-4-14-32(15-5-1)44-31-45(54-52(53-44)33-16-6-2-7-17-33)43-24-13-23-41-42-29-28-39-37-27-26-34(36-21-12-22-40-38-20-10-11-25-47(38)56-49(36)40)30-46(37)55(35-18-8-3-9-19-35)48(39)51(42)57-50(41)43/h1-31H. The highest BCUT2D eigenvalue weighted by Crippen LogP contribution is 2.44. The number of aromatic nitrogens is 3. The van der Waals surface area contributed by atoms with E-state index in [1.165, 1.54) is 0 Å². The van der Waals surface area contributed by atoms with Gasteiger partial charge < -0.3 is 13.4 Å². The summed E-state index contributed by atoms with van der Waals surface area (Å²) in [4.78, 5) is 10.2. The van der Waals surface area contributed by atoms with Crippen molar-refractivity contribution in [3.63, 3.8) is 0 Å². The van der Waals surface area contributed by atoms with Gasteiger partial charge in [-0.2, -0.15) is 0 Å². The van der Waals surface area contributed by atoms with Crippen molar-refractivity contribution in [3.8, 4) is 50.7 Å². The van der Waals surface area contributed by atoms with Gasteiger partial charge in [-0.25, -0.2) is 9.97 Å². The molecule has 0 N–H and O–H groups in total. The third-order valence-corrected chi connectivity index (χ3v) is 11.2. The second-order valence-electron chi connectivity index (χ2n) is 14.5. The van der Waals surface area contributed by atoms with E-state index < -0.39 is 0 Å². The van der Waals surface area contributed by atoms with Gasteiger partial charge in [-0.3, -0.25) is 0 Å². The average Bonchev–Trinajstić information content (AvgIpc) is 3.97. The Kier molecular flexibility index (Phi) is 6.86. The van der Waals surface area contributed by atoms with Crippen molar-refractivity contribution in [1.29, 1.82) is 0 Å². The van der Waals surface area contributed by atoms with Crippen LogP contribution in [0.3, 0.4) is 0 Å². The first-order chi connectivity index (χ1) is 28.3. The minimum Gasteiger partial charge on any atom is -0.455 e. The molecule has 0 saturated carbocycles. The van der Waals surface area contributed by atoms with Gasteiger partial charge in [-0.15, -0.1) is 0 Å². The van der Waals surface area contributed by atoms with Gasteiger partial charge in [0.2, 0.25) is 0 Å². The van der Waals surface area contributed by atoms with Gasteiger partial charge in [0.15, 0.2) is 11.4 Å². The summed E-state index contributed by atoms with van der Waals surface area (Å²) in [6.45, 7) is 0. The summed E-state index contributed by atoms with van der Waals surface area (Å²) in [5, 5.41) is 6.58. The van der Waals surface area contributed by atoms with Crippen LogP contribution < -0.4 is 0 Å². The summed E-state index contributed by atoms with van der Waals surface area (Å²) in [5.41, 5.74) is 13.3. The molecule has 0 aliphatic carbocycles. The van der Waals surface area contributed by atoms with Gasteiger partial charge in [0.05, 0.1) is 22.4 Å². The fraction of sp³-hybridized carbons (Fsp3) is 0. The number of benzene rings is 8. The van der Waals surface area contributed by atoms with Crippen LogP contribution in [0.5, 0.6) is 0 Å². The quantitative estimate of drug-likeness (QED) is 0.177. The summed E-state index contributed by atoms with van der Waals surface area (Å²) in [7, 11) is 0. The van der Waals surface area contributed by atoms with Crippen molar-refractivity contribution in [1.82, 2.24) is 14.5 Å². The highest BCUT2D eigenvalue weighted by molar-refractivity contribution is 6.23. The largest absolute Gasteiger partial charge is 0.455 e. The van der Waals surface area contributed by atoms with E-state index in [2.05, 4.69) is 144 Å². The fourth-order valence-corrected chi connectivity index (χ4v) is 8.60. The fourth-order valence-electron chi connectivity index (χ4n) is 8.60. The molecule has 57 heavy (non-hydrogen) atoms. The Morgan fingerprint density at radius 3 is 1.77 bits per heavy atom. The predicted octanol–water partition coefficient (Wildman–Crippen LogP) is 14.0. The van der Waals surface area contributed by atoms with Crippen molar-refractivity contribution < 1.29 is 8.83 Å². The molecule has 12 aromatic rings. The maximum absolute atomic E-state index is 7.14. The maximum Gasteiger partial charge on any atom is 0.160 e. The van der Waals surface area contributed by atoms with Crippen molar-refractivity contribution in [2.24, 2.45) is 0 Å². The molecule has 4 aromatic heterocycles. The van der Waals surface area contributed by atoms with Gasteiger partial charge in [-0.05, 0) is 48.0 Å². The first-order valence-corrected chi connectivity index (χ1v) is 19.2. The number of rotatable bonds is 5. The van der Waals surface area contributed by atoms with Gasteiger partial charge in [-0.1, -0.05) is 146 Å². The molecule has 0 atom stereocenters. The Morgan fingerprint density at radius 2 is 0.965 bits per heavy atom. The number of nitrogens with zero attached hydrogens (tertiary/aromatic N) is 3. The highest BCUT2D eigenvalue weighted by Gasteiger charge is 2.22. The van der Waals surface area contributed by atoms with Crippen LogP contribution >= 0.6 is 0 Å². The number of furan rings is 2. The first-order valence-electron chi connectivity index (χ1n) is 19.2. The lowest BCUT2D eigenvalue weighted by Crippen LogP contribution is -1.96. The van der Waals surface area contributed by atoms with E-state index in [1.807, 2.05) is 48.5 Å². The van der Waals surface area contributed by atoms with E-state index in [0.717, 1.165) is 111 Å². The highest BCUT2D eigenvalue weighted by atomic mass is 16.3. The molecule has 4 heterocycles. The van der Waals surface area contributed by atoms with E-state index in [4.69, 9.17) is 18.8 Å². The SMILES string of the molecule is c1ccc(-c2cc(-c3cccc4c3oc3c4ccc4c5ccc(-c6cccc7c6oc6ccccc67)cc5n(-c5ccccc5)c43)nc(-c3ccccc3)n2)cc1. The van der Waals surface area contributed by atoms with Crippen LogP contribution in [0.15, 0.2) is 197 Å². The molecule has 12 rings (SSSR count). The molecule has 0 radical (unpaired) electrons. The van der Waals surface area contributed by atoms with Crippen LogP contribution in [0.25, 0.3) is 116 Å². The molecule has 0 bridgehead atoms. The first kappa shape index (κ1) is 31.6. The number of hydrogen-bond donors (Lipinski definition) is 0. The number of hydrogen-bond acceptors (Lipinski definition) is 4. The van der Waals surface area contributed by atoms with Crippen LogP contribution in [0.1, 0.15) is 0 Å². The van der Waals surface area contributed by atoms with E-state index in [0.29, 0.717) is 5.82 Å². The normalized spacial score (nSPS) is 11.9. The molecule has 0 aliphatic rings. The Balaban J connectivity index is 1.12. The van der Waals surface area contributed by atoms with Gasteiger partial charge in [0.25, 0.3) is 0 Å². The zero-order valence-corrected chi connectivity index (χ0v) is 30.6. The topological polar surface area (TPSA) is 57.0 Å². The Labute approximate surface area is 326 Å². The monoisotopic (exact) mass is 729 g/mol. The smallest absolute Gasteiger partial charge is 0.160 e. The molecular weight excluding hydrogens is 699 g/mol. The number of para-hydroxylation sites is 4. The van der Waals surface area contributed by atoms with E-state index >= 15 is 0 Å². The lowest BCUT2D eigenvalue weighted by molar-refractivity contribution is 0.670. The average molecular weight is 730 g/mol. The molecule has 0 saturated heterocycles. The minimum atomic E-state index is 0.667. The van der Waals surface area contributed by atoms with Crippen molar-refractivity contribution in [2.75, 3.05) is 0 Å². The van der Waals surface area contributed by atoms with Crippen molar-refractivity contribution in [2.45, 2.75) is 0 Å². The molecule has 5 heteroatoms. The molecule has 5 nitrogen and oxygen atoms in total. The van der Waals surface area contributed by atoms with Crippen molar-refractivity contribution in [3.05, 3.63) is 188 Å². The Hall–Kier alpha value is -7.76. The van der Waals surface area contributed by atoms with Gasteiger partial charge in [0, 0.05) is 60.3 Å². The molecule has 0 aliphatic heterocycles. The molecule has 0 amide bonds. The minimum absolute atomic E-state index is 0.667. The van der Waals surface area contributed by atoms with Crippen LogP contribution in [-0.4, -0.2) is 14.5 Å². The number of fused-ring (bicyclic) bond motifs is 10. The summed E-state index contributed by atoms with van der Waals surface area (Å²) < 4.78 is 16.0. The second kappa shape index (κ2) is 12.4. The predicted molar refractivity (Wildman–Crippen MR) is 233 cm³/mol. The zero-order chi connectivity index (χ0) is 37.5. The zero-order valence-electron chi connectivity index (χ0n) is 30.6. The second-order valence-corrected chi connectivity index (χ2v) is 14.5. The third-order valence-electron chi connectivity index (χ3n) is 11.2. The van der Waals surface area contributed by atoms with Crippen molar-refractivity contribution >= 4 is 65.7 Å². The molecular formula is C52H31N3O2. The van der Waals surface area contributed by atoms with E-state index in [9.17, 15) is 0 Å². The van der Waals surface area contributed by atoms with Crippen LogP contribution in [0, 0.1) is 0 Å². The maximum atomic E-state index is 7.14. The summed E-state index contributed by atoms with van der Waals surface area (Å²) in [6.07, 6.45) is 0. The summed E-state index contributed by atoms with van der Waals surface area (Å²) >= 11 is 0. The third kappa shape index (κ3) is 4.89. The summed E-state index contributed by atoms with van der Waals surface area (Å²) in [5.74, 6) is 0.667. The molecule has 8 aromatic carbocycles. The van der Waals surface area contributed by atoms with Crippen LogP contribution in [0.2, 0.25) is 0 Å². The molecule has 266 valence electrons. The van der Waals surface area contributed by atoms with Crippen LogP contribution in [0.4, 0.5) is 0 Å².